The molecule has 1 amide bonds. The Balaban J connectivity index is 1.58. The summed E-state index contributed by atoms with van der Waals surface area (Å²) in [5, 5.41) is 6.58. The van der Waals surface area contributed by atoms with Gasteiger partial charge in [-0.25, -0.2) is 9.37 Å². The van der Waals surface area contributed by atoms with E-state index < -0.39 is 5.54 Å². The lowest BCUT2D eigenvalue weighted by molar-refractivity contribution is 0.102. The van der Waals surface area contributed by atoms with Gasteiger partial charge in [0.15, 0.2) is 0 Å². The Hall–Kier alpha value is -2.02. The van der Waals surface area contributed by atoms with Crippen LogP contribution in [0, 0.1) is 17.7 Å². The minimum absolute atomic E-state index is 0.130. The van der Waals surface area contributed by atoms with Gasteiger partial charge in [-0.05, 0) is 61.9 Å². The van der Waals surface area contributed by atoms with E-state index in [1.807, 2.05) is 6.92 Å². The van der Waals surface area contributed by atoms with Crippen molar-refractivity contribution in [3.05, 3.63) is 58.6 Å². The first-order valence-corrected chi connectivity index (χ1v) is 9.00. The third-order valence-corrected chi connectivity index (χ3v) is 5.60. The zero-order valence-electron chi connectivity index (χ0n) is 14.3. The van der Waals surface area contributed by atoms with Gasteiger partial charge in [0.05, 0.1) is 11.2 Å². The molecule has 2 aromatic rings. The second-order valence-electron chi connectivity index (χ2n) is 7.38. The Morgan fingerprint density at radius 1 is 1.42 bits per heavy atom. The van der Waals surface area contributed by atoms with E-state index in [9.17, 15) is 9.18 Å². The molecule has 1 aliphatic heterocycles. The number of aromatic nitrogens is 1. The number of nitrogens with zero attached hydrogens (tertiary/aromatic N) is 1. The van der Waals surface area contributed by atoms with Crippen LogP contribution in [0.4, 0.5) is 10.1 Å². The van der Waals surface area contributed by atoms with Crippen molar-refractivity contribution < 1.29 is 9.18 Å². The van der Waals surface area contributed by atoms with Gasteiger partial charge in [0, 0.05) is 23.0 Å². The number of benzene rings is 1. The number of pyridine rings is 1. The van der Waals surface area contributed by atoms with Crippen LogP contribution in [-0.2, 0) is 5.54 Å². The number of anilines is 1. The molecule has 1 unspecified atom stereocenters. The number of halogens is 2. The monoisotopic (exact) mass is 374 g/mol. The molecule has 4 rings (SSSR count). The molecule has 0 radical (unpaired) electrons. The number of hydrogen-bond acceptors (Lipinski definition) is 4. The van der Waals surface area contributed by atoms with Crippen molar-refractivity contribution in [2.45, 2.75) is 31.5 Å². The standard InChI is InChI=1S/C19H20ClFN4O/c1-19(8-10-6-13(10)17(22)25-19)14-7-12(3-4-15(14)21)24-18(26)16-5-2-11(20)9-23-16/h2-5,7,9-10,13,17,25H,6,8,22H2,1H3,(H,24,26)/t10-,13-,17?,19-/m0/s1. The largest absolute Gasteiger partial charge is 0.321 e. The number of nitrogens with one attached hydrogen (secondary N) is 2. The normalized spacial score (nSPS) is 29.8. The fourth-order valence-electron chi connectivity index (χ4n) is 3.92. The van der Waals surface area contributed by atoms with Gasteiger partial charge in [-0.1, -0.05) is 11.6 Å². The average molecular weight is 375 g/mol. The highest BCUT2D eigenvalue weighted by atomic mass is 35.5. The summed E-state index contributed by atoms with van der Waals surface area (Å²) in [4.78, 5) is 16.3. The van der Waals surface area contributed by atoms with Crippen LogP contribution >= 0.6 is 11.6 Å². The molecule has 2 aliphatic rings. The number of fused-ring (bicyclic) bond motifs is 1. The predicted molar refractivity (Wildman–Crippen MR) is 98.3 cm³/mol. The lowest BCUT2D eigenvalue weighted by atomic mass is 9.82. The molecule has 2 heterocycles. The molecule has 1 aliphatic carbocycles. The van der Waals surface area contributed by atoms with Gasteiger partial charge in [-0.3, -0.25) is 10.1 Å². The van der Waals surface area contributed by atoms with Crippen molar-refractivity contribution in [1.29, 1.82) is 0 Å². The first kappa shape index (κ1) is 17.4. The highest BCUT2D eigenvalue weighted by Gasteiger charge is 2.52. The van der Waals surface area contributed by atoms with Crippen molar-refractivity contribution >= 4 is 23.2 Å². The third-order valence-electron chi connectivity index (χ3n) is 5.37. The van der Waals surface area contributed by atoms with E-state index in [2.05, 4.69) is 15.6 Å². The van der Waals surface area contributed by atoms with E-state index in [1.165, 1.54) is 12.3 Å². The van der Waals surface area contributed by atoms with Crippen LogP contribution in [0.5, 0.6) is 0 Å². The third kappa shape index (κ3) is 3.20. The smallest absolute Gasteiger partial charge is 0.274 e. The van der Waals surface area contributed by atoms with E-state index in [-0.39, 0.29) is 23.6 Å². The Morgan fingerprint density at radius 2 is 2.23 bits per heavy atom. The first-order chi connectivity index (χ1) is 12.4. The lowest BCUT2D eigenvalue weighted by Gasteiger charge is -2.39. The molecular formula is C19H20ClFN4O. The molecule has 0 bridgehead atoms. The summed E-state index contributed by atoms with van der Waals surface area (Å²) in [5.74, 6) is 0.339. The number of carbonyl (C=O) groups excluding carboxylic acids is 1. The van der Waals surface area contributed by atoms with E-state index in [0.29, 0.717) is 28.1 Å². The lowest BCUT2D eigenvalue weighted by Crippen LogP contribution is -2.55. The summed E-state index contributed by atoms with van der Waals surface area (Å²) < 4.78 is 14.6. The summed E-state index contributed by atoms with van der Waals surface area (Å²) in [6, 6.07) is 7.72. The molecule has 1 saturated heterocycles. The Kier molecular flexibility index (Phi) is 4.22. The first-order valence-electron chi connectivity index (χ1n) is 8.62. The van der Waals surface area contributed by atoms with Gasteiger partial charge in [-0.15, -0.1) is 0 Å². The number of nitrogens with two attached hydrogens (primary N) is 1. The Labute approximate surface area is 156 Å². The van der Waals surface area contributed by atoms with Crippen molar-refractivity contribution in [3.8, 4) is 0 Å². The summed E-state index contributed by atoms with van der Waals surface area (Å²) in [7, 11) is 0. The molecule has 1 aromatic heterocycles. The minimum atomic E-state index is -0.555. The summed E-state index contributed by atoms with van der Waals surface area (Å²) in [6.45, 7) is 1.96. The van der Waals surface area contributed by atoms with Crippen LogP contribution in [0.25, 0.3) is 0 Å². The van der Waals surface area contributed by atoms with Crippen molar-refractivity contribution in [1.82, 2.24) is 10.3 Å². The molecule has 2 fully saturated rings. The summed E-state index contributed by atoms with van der Waals surface area (Å²) >= 11 is 5.79. The zero-order valence-corrected chi connectivity index (χ0v) is 15.1. The van der Waals surface area contributed by atoms with Crippen LogP contribution in [0.1, 0.15) is 35.8 Å². The SMILES string of the molecule is C[C@@]1(c2cc(NC(=O)c3ccc(Cl)cn3)ccc2F)C[C@@H]2C[C@@H]2C(N)N1. The van der Waals surface area contributed by atoms with Gasteiger partial charge >= 0.3 is 0 Å². The van der Waals surface area contributed by atoms with E-state index in [4.69, 9.17) is 17.3 Å². The number of rotatable bonds is 3. The number of piperidine rings is 1. The maximum Gasteiger partial charge on any atom is 0.274 e. The van der Waals surface area contributed by atoms with E-state index >= 15 is 0 Å². The molecular weight excluding hydrogens is 355 g/mol. The molecule has 7 heteroatoms. The summed E-state index contributed by atoms with van der Waals surface area (Å²) in [6.07, 6.45) is 3.20. The maximum atomic E-state index is 14.6. The molecule has 1 aromatic carbocycles. The van der Waals surface area contributed by atoms with Gasteiger partial charge in [-0.2, -0.15) is 0 Å². The van der Waals surface area contributed by atoms with Gasteiger partial charge in [0.1, 0.15) is 11.5 Å². The van der Waals surface area contributed by atoms with Gasteiger partial charge in [0.2, 0.25) is 0 Å². The molecule has 26 heavy (non-hydrogen) atoms. The number of amides is 1. The quantitative estimate of drug-likeness (QED) is 0.770. The number of carbonyl (C=O) groups is 1. The highest BCUT2D eigenvalue weighted by Crippen LogP contribution is 2.51. The van der Waals surface area contributed by atoms with Gasteiger partial charge in [0.25, 0.3) is 5.91 Å². The molecule has 4 N–H and O–H groups in total. The second-order valence-corrected chi connectivity index (χ2v) is 7.81. The topological polar surface area (TPSA) is 80.0 Å². The molecule has 0 spiro atoms. The van der Waals surface area contributed by atoms with Crippen LogP contribution in [-0.4, -0.2) is 17.1 Å². The van der Waals surface area contributed by atoms with Crippen LogP contribution < -0.4 is 16.4 Å². The summed E-state index contributed by atoms with van der Waals surface area (Å²) in [5.41, 5.74) is 6.88. The highest BCUT2D eigenvalue weighted by molar-refractivity contribution is 6.30. The second kappa shape index (κ2) is 6.30. The average Bonchev–Trinajstić information content (AvgIpc) is 3.36. The van der Waals surface area contributed by atoms with E-state index in [0.717, 1.165) is 12.8 Å². The molecule has 136 valence electrons. The molecule has 1 saturated carbocycles. The van der Waals surface area contributed by atoms with Crippen LogP contribution in [0.3, 0.4) is 0 Å². The Morgan fingerprint density at radius 3 is 2.92 bits per heavy atom. The zero-order chi connectivity index (χ0) is 18.5. The number of hydrogen-bond donors (Lipinski definition) is 3. The fraction of sp³-hybridized carbons (Fsp3) is 0.368. The van der Waals surface area contributed by atoms with Crippen molar-refractivity contribution in [3.63, 3.8) is 0 Å². The van der Waals surface area contributed by atoms with Crippen molar-refractivity contribution in [2.75, 3.05) is 5.32 Å². The van der Waals surface area contributed by atoms with Crippen LogP contribution in [0.2, 0.25) is 5.02 Å². The molecule has 5 nitrogen and oxygen atoms in total. The minimum Gasteiger partial charge on any atom is -0.321 e. The van der Waals surface area contributed by atoms with Crippen LogP contribution in [0.15, 0.2) is 36.5 Å². The predicted octanol–water partition coefficient (Wildman–Crippen LogP) is 3.26. The van der Waals surface area contributed by atoms with E-state index in [1.54, 1.807) is 24.3 Å². The van der Waals surface area contributed by atoms with Crippen molar-refractivity contribution in [2.24, 2.45) is 17.6 Å². The maximum absolute atomic E-state index is 14.6. The fourth-order valence-corrected chi connectivity index (χ4v) is 4.03. The Bertz CT molecular complexity index is 859. The molecule has 4 atom stereocenters. The van der Waals surface area contributed by atoms with Gasteiger partial charge < -0.3 is 11.1 Å².